The van der Waals surface area contributed by atoms with Gasteiger partial charge in [0.1, 0.15) is 0 Å². The Kier molecular flexibility index (Phi) is 1.92. The number of hydrogen-bond donors (Lipinski definition) is 1. The molecule has 2 aromatic rings. The zero-order valence-corrected chi connectivity index (χ0v) is 10.2. The van der Waals surface area contributed by atoms with Gasteiger partial charge >= 0.3 is 0 Å². The van der Waals surface area contributed by atoms with E-state index < -0.39 is 0 Å². The second kappa shape index (κ2) is 3.36. The van der Waals surface area contributed by atoms with E-state index in [0.717, 1.165) is 11.8 Å². The topological polar surface area (TPSA) is 19.0 Å². The highest BCUT2D eigenvalue weighted by Crippen LogP contribution is 2.43. The Morgan fingerprint density at radius 1 is 1.24 bits per heavy atom. The molecule has 1 unspecified atom stereocenters. The first kappa shape index (κ1) is 9.72. The second-order valence-corrected chi connectivity index (χ2v) is 5.69. The molecule has 1 saturated heterocycles. The van der Waals surface area contributed by atoms with Crippen LogP contribution in [0.15, 0.2) is 24.3 Å². The normalized spacial score (nSPS) is 28.3. The molecule has 0 saturated carbocycles. The van der Waals surface area contributed by atoms with Gasteiger partial charge < -0.3 is 9.88 Å². The fourth-order valence-corrected chi connectivity index (χ4v) is 3.88. The Bertz CT molecular complexity index is 569. The van der Waals surface area contributed by atoms with Crippen LogP contribution in [0.25, 0.3) is 10.9 Å². The second-order valence-electron chi connectivity index (χ2n) is 5.69. The van der Waals surface area contributed by atoms with Crippen molar-refractivity contribution in [3.8, 4) is 0 Å². The van der Waals surface area contributed by atoms with Crippen LogP contribution in [0, 0.1) is 5.92 Å². The lowest BCUT2D eigenvalue weighted by atomic mass is 9.79. The lowest BCUT2D eigenvalue weighted by Gasteiger charge is -2.24. The summed E-state index contributed by atoms with van der Waals surface area (Å²) in [6, 6.07) is 8.79. The van der Waals surface area contributed by atoms with E-state index in [-0.39, 0.29) is 0 Å². The highest BCUT2D eigenvalue weighted by Gasteiger charge is 2.37. The summed E-state index contributed by atoms with van der Waals surface area (Å²) >= 11 is 0. The number of benzene rings is 1. The Morgan fingerprint density at radius 3 is 3.06 bits per heavy atom. The van der Waals surface area contributed by atoms with Gasteiger partial charge in [0.2, 0.25) is 0 Å². The molecular formula is C15H18N2. The third-order valence-corrected chi connectivity index (χ3v) is 4.59. The molecule has 2 atom stereocenters. The van der Waals surface area contributed by atoms with Crippen LogP contribution in [-0.2, 0) is 6.42 Å². The zero-order chi connectivity index (χ0) is 11.4. The molecule has 0 radical (unpaired) electrons. The molecule has 2 nitrogen and oxygen atoms in total. The molecule has 2 aliphatic rings. The number of likely N-dealkylation sites (N-methyl/N-ethyl adjacent to an activating group) is 1. The molecule has 4 rings (SSSR count). The average Bonchev–Trinajstić information content (AvgIpc) is 2.87. The summed E-state index contributed by atoms with van der Waals surface area (Å²) in [6.45, 7) is 2.52. The molecule has 0 amide bonds. The van der Waals surface area contributed by atoms with Gasteiger partial charge in [-0.3, -0.25) is 0 Å². The Balaban J connectivity index is 1.94. The number of rotatable bonds is 0. The van der Waals surface area contributed by atoms with Crippen LogP contribution in [0.2, 0.25) is 0 Å². The largest absolute Gasteiger partial charge is 0.358 e. The minimum Gasteiger partial charge on any atom is -0.358 e. The standard InChI is InChI=1S/C15H18N2/c1-17-8-10-6-7-14-15(12(10)9-17)11-4-2-3-5-13(11)16-14/h2-5,10,12,16H,6-9H2,1H3/t10?,12-/m0/s1. The average molecular weight is 226 g/mol. The van der Waals surface area contributed by atoms with Crippen LogP contribution in [0.1, 0.15) is 23.6 Å². The summed E-state index contributed by atoms with van der Waals surface area (Å²) in [7, 11) is 2.26. The van der Waals surface area contributed by atoms with Crippen molar-refractivity contribution in [3.63, 3.8) is 0 Å². The number of aromatic amines is 1. The number of hydrogen-bond acceptors (Lipinski definition) is 1. The van der Waals surface area contributed by atoms with Gasteiger partial charge in [0.15, 0.2) is 0 Å². The highest BCUT2D eigenvalue weighted by atomic mass is 15.1. The van der Waals surface area contributed by atoms with Gasteiger partial charge in [-0.25, -0.2) is 0 Å². The molecule has 1 fully saturated rings. The predicted octanol–water partition coefficient (Wildman–Crippen LogP) is 2.76. The van der Waals surface area contributed by atoms with Crippen LogP contribution in [0.4, 0.5) is 0 Å². The van der Waals surface area contributed by atoms with Crippen LogP contribution in [-0.4, -0.2) is 30.0 Å². The number of H-pyrrole nitrogens is 1. The molecule has 1 aromatic carbocycles. The Labute approximate surface area is 102 Å². The predicted molar refractivity (Wildman–Crippen MR) is 70.3 cm³/mol. The summed E-state index contributed by atoms with van der Waals surface area (Å²) in [4.78, 5) is 6.12. The zero-order valence-electron chi connectivity index (χ0n) is 10.2. The third-order valence-electron chi connectivity index (χ3n) is 4.59. The Hall–Kier alpha value is -1.28. The van der Waals surface area contributed by atoms with Crippen molar-refractivity contribution in [1.29, 1.82) is 0 Å². The molecule has 88 valence electrons. The van der Waals surface area contributed by atoms with Crippen LogP contribution >= 0.6 is 0 Å². The summed E-state index contributed by atoms with van der Waals surface area (Å²) in [5.41, 5.74) is 4.46. The number of aromatic nitrogens is 1. The van der Waals surface area contributed by atoms with E-state index in [0.29, 0.717) is 0 Å². The number of aryl methyl sites for hydroxylation is 1. The van der Waals surface area contributed by atoms with Crippen molar-refractivity contribution < 1.29 is 0 Å². The first-order chi connectivity index (χ1) is 8.33. The molecule has 2 heteroatoms. The maximum Gasteiger partial charge on any atom is 0.0459 e. The van der Waals surface area contributed by atoms with Gasteiger partial charge in [0.25, 0.3) is 0 Å². The van der Waals surface area contributed by atoms with E-state index in [2.05, 4.69) is 41.2 Å². The number of nitrogens with zero attached hydrogens (tertiary/aromatic N) is 1. The molecule has 1 aliphatic heterocycles. The maximum atomic E-state index is 3.62. The number of para-hydroxylation sites is 1. The van der Waals surface area contributed by atoms with Gasteiger partial charge in [-0.1, -0.05) is 18.2 Å². The van der Waals surface area contributed by atoms with Crippen molar-refractivity contribution in [2.75, 3.05) is 20.1 Å². The molecule has 2 heterocycles. The number of fused-ring (bicyclic) bond motifs is 5. The van der Waals surface area contributed by atoms with Crippen molar-refractivity contribution in [2.24, 2.45) is 5.92 Å². The summed E-state index contributed by atoms with van der Waals surface area (Å²) < 4.78 is 0. The van der Waals surface area contributed by atoms with Gasteiger partial charge in [0.05, 0.1) is 0 Å². The maximum absolute atomic E-state index is 3.62. The molecule has 17 heavy (non-hydrogen) atoms. The number of nitrogens with one attached hydrogen (secondary N) is 1. The monoisotopic (exact) mass is 226 g/mol. The van der Waals surface area contributed by atoms with Gasteiger partial charge in [0, 0.05) is 35.6 Å². The highest BCUT2D eigenvalue weighted by molar-refractivity contribution is 5.85. The lowest BCUT2D eigenvalue weighted by Crippen LogP contribution is -2.18. The first-order valence-corrected chi connectivity index (χ1v) is 6.61. The molecule has 1 N–H and O–H groups in total. The van der Waals surface area contributed by atoms with Crippen molar-refractivity contribution in [1.82, 2.24) is 9.88 Å². The van der Waals surface area contributed by atoms with E-state index in [1.165, 1.54) is 42.5 Å². The van der Waals surface area contributed by atoms with E-state index in [9.17, 15) is 0 Å². The molecule has 0 bridgehead atoms. The van der Waals surface area contributed by atoms with E-state index in [1.807, 2.05) is 0 Å². The summed E-state index contributed by atoms with van der Waals surface area (Å²) in [6.07, 6.45) is 2.59. The lowest BCUT2D eigenvalue weighted by molar-refractivity contribution is 0.386. The van der Waals surface area contributed by atoms with Crippen molar-refractivity contribution in [2.45, 2.75) is 18.8 Å². The fourth-order valence-electron chi connectivity index (χ4n) is 3.88. The fraction of sp³-hybridized carbons (Fsp3) is 0.467. The molecule has 1 aromatic heterocycles. The van der Waals surface area contributed by atoms with Crippen molar-refractivity contribution in [3.05, 3.63) is 35.5 Å². The van der Waals surface area contributed by atoms with Crippen LogP contribution in [0.5, 0.6) is 0 Å². The van der Waals surface area contributed by atoms with Gasteiger partial charge in [-0.15, -0.1) is 0 Å². The summed E-state index contributed by atoms with van der Waals surface area (Å²) in [5.74, 6) is 1.65. The van der Waals surface area contributed by atoms with Gasteiger partial charge in [-0.2, -0.15) is 0 Å². The van der Waals surface area contributed by atoms with Crippen molar-refractivity contribution >= 4 is 10.9 Å². The Morgan fingerprint density at radius 2 is 2.12 bits per heavy atom. The van der Waals surface area contributed by atoms with Crippen LogP contribution < -0.4 is 0 Å². The minimum atomic E-state index is 0.764. The third kappa shape index (κ3) is 1.31. The molecule has 0 spiro atoms. The first-order valence-electron chi connectivity index (χ1n) is 6.61. The molecule has 1 aliphatic carbocycles. The summed E-state index contributed by atoms with van der Waals surface area (Å²) in [5, 5.41) is 1.47. The smallest absolute Gasteiger partial charge is 0.0459 e. The van der Waals surface area contributed by atoms with E-state index >= 15 is 0 Å². The SMILES string of the molecule is CN1CC2CCc3[nH]c4ccccc4c3[C@H]2C1. The minimum absolute atomic E-state index is 0.764. The van der Waals surface area contributed by atoms with E-state index in [1.54, 1.807) is 5.56 Å². The quantitative estimate of drug-likeness (QED) is 0.732. The number of likely N-dealkylation sites (tertiary alicyclic amines) is 1. The van der Waals surface area contributed by atoms with Crippen LogP contribution in [0.3, 0.4) is 0 Å². The molecular weight excluding hydrogens is 208 g/mol. The van der Waals surface area contributed by atoms with E-state index in [4.69, 9.17) is 0 Å². The van der Waals surface area contributed by atoms with Gasteiger partial charge in [-0.05, 0) is 37.4 Å².